The third kappa shape index (κ3) is 4.38. The Morgan fingerprint density at radius 3 is 2.33 bits per heavy atom. The molecular formula is C20H27N3O. The SMILES string of the molecule is CC(C)c1ccc(NC(=O)/C(C#N)=C\N2C(C)CCCC2C)cc1. The topological polar surface area (TPSA) is 56.1 Å². The van der Waals surface area contributed by atoms with E-state index < -0.39 is 0 Å². The first kappa shape index (κ1) is 18.1. The summed E-state index contributed by atoms with van der Waals surface area (Å²) >= 11 is 0. The lowest BCUT2D eigenvalue weighted by molar-refractivity contribution is -0.112. The highest BCUT2D eigenvalue weighted by atomic mass is 16.1. The number of hydrogen-bond donors (Lipinski definition) is 1. The molecule has 0 aliphatic carbocycles. The van der Waals surface area contributed by atoms with Gasteiger partial charge in [-0.05, 0) is 56.7 Å². The van der Waals surface area contributed by atoms with E-state index in [0.29, 0.717) is 23.7 Å². The van der Waals surface area contributed by atoms with Crippen molar-refractivity contribution in [2.24, 2.45) is 0 Å². The van der Waals surface area contributed by atoms with Gasteiger partial charge in [0.25, 0.3) is 5.91 Å². The Kier molecular flexibility index (Phi) is 6.03. The van der Waals surface area contributed by atoms with Gasteiger partial charge in [-0.2, -0.15) is 5.26 Å². The molecule has 0 radical (unpaired) electrons. The van der Waals surface area contributed by atoms with Crippen LogP contribution in [0.4, 0.5) is 5.69 Å². The second-order valence-electron chi connectivity index (χ2n) is 6.96. The number of anilines is 1. The number of hydrogen-bond acceptors (Lipinski definition) is 3. The number of nitrogens with one attached hydrogen (secondary N) is 1. The Balaban J connectivity index is 2.11. The molecule has 2 rings (SSSR count). The van der Waals surface area contributed by atoms with Crippen molar-refractivity contribution in [3.8, 4) is 6.07 Å². The van der Waals surface area contributed by atoms with Crippen LogP contribution in [0, 0.1) is 11.3 Å². The fourth-order valence-corrected chi connectivity index (χ4v) is 3.13. The lowest BCUT2D eigenvalue weighted by Gasteiger charge is -2.38. The largest absolute Gasteiger partial charge is 0.371 e. The first-order valence-corrected chi connectivity index (χ1v) is 8.73. The average Bonchev–Trinajstić information content (AvgIpc) is 2.55. The number of benzene rings is 1. The minimum atomic E-state index is -0.347. The smallest absolute Gasteiger partial charge is 0.267 e. The molecule has 2 unspecified atom stereocenters. The van der Waals surface area contributed by atoms with E-state index in [1.54, 1.807) is 6.20 Å². The van der Waals surface area contributed by atoms with Crippen molar-refractivity contribution in [3.05, 3.63) is 41.6 Å². The first-order valence-electron chi connectivity index (χ1n) is 8.73. The minimum absolute atomic E-state index is 0.156. The van der Waals surface area contributed by atoms with E-state index in [1.807, 2.05) is 30.3 Å². The molecule has 4 heteroatoms. The molecule has 128 valence electrons. The van der Waals surface area contributed by atoms with Gasteiger partial charge in [-0.1, -0.05) is 26.0 Å². The Bertz CT molecular complexity index is 630. The minimum Gasteiger partial charge on any atom is -0.371 e. The summed E-state index contributed by atoms with van der Waals surface area (Å²) in [6, 6.07) is 10.5. The van der Waals surface area contributed by atoms with Crippen LogP contribution in [0.15, 0.2) is 36.0 Å². The molecule has 0 aromatic heterocycles. The molecule has 1 aromatic rings. The maximum absolute atomic E-state index is 12.4. The summed E-state index contributed by atoms with van der Waals surface area (Å²) in [4.78, 5) is 14.6. The van der Waals surface area contributed by atoms with E-state index in [2.05, 4.69) is 37.9 Å². The molecular weight excluding hydrogens is 298 g/mol. The number of nitrogens with zero attached hydrogens (tertiary/aromatic N) is 2. The van der Waals surface area contributed by atoms with Gasteiger partial charge in [0.2, 0.25) is 0 Å². The van der Waals surface area contributed by atoms with Gasteiger partial charge in [0.15, 0.2) is 0 Å². The molecule has 1 aromatic carbocycles. The summed E-state index contributed by atoms with van der Waals surface area (Å²) in [6.45, 7) is 8.55. The maximum Gasteiger partial charge on any atom is 0.267 e. The standard InChI is InChI=1S/C20H27N3O/c1-14(2)17-8-10-19(11-9-17)22-20(24)18(12-21)13-23-15(3)6-5-7-16(23)4/h8-11,13-16H,5-7H2,1-4H3,(H,22,24)/b18-13-. The van der Waals surface area contributed by atoms with Crippen LogP contribution in [0.5, 0.6) is 0 Å². The summed E-state index contributed by atoms with van der Waals surface area (Å²) in [6.07, 6.45) is 5.12. The van der Waals surface area contributed by atoms with E-state index in [9.17, 15) is 10.1 Å². The molecule has 0 bridgehead atoms. The predicted molar refractivity (Wildman–Crippen MR) is 97.5 cm³/mol. The van der Waals surface area contributed by atoms with E-state index in [0.717, 1.165) is 12.8 Å². The van der Waals surface area contributed by atoms with E-state index >= 15 is 0 Å². The van der Waals surface area contributed by atoms with Gasteiger partial charge in [0.05, 0.1) is 0 Å². The van der Waals surface area contributed by atoms with E-state index in [4.69, 9.17) is 0 Å². The van der Waals surface area contributed by atoms with Crippen molar-refractivity contribution in [2.45, 2.75) is 65.0 Å². The zero-order valence-corrected chi connectivity index (χ0v) is 15.0. The monoisotopic (exact) mass is 325 g/mol. The van der Waals surface area contributed by atoms with Crippen LogP contribution in [-0.4, -0.2) is 22.9 Å². The maximum atomic E-state index is 12.4. The zero-order valence-electron chi connectivity index (χ0n) is 15.0. The number of nitriles is 1. The molecule has 0 spiro atoms. The Morgan fingerprint density at radius 2 is 1.83 bits per heavy atom. The molecule has 4 nitrogen and oxygen atoms in total. The van der Waals surface area contributed by atoms with Crippen LogP contribution in [0.25, 0.3) is 0 Å². The third-order valence-corrected chi connectivity index (χ3v) is 4.74. The van der Waals surface area contributed by atoms with Gasteiger partial charge in [-0.3, -0.25) is 4.79 Å². The Morgan fingerprint density at radius 1 is 1.25 bits per heavy atom. The zero-order chi connectivity index (χ0) is 17.7. The van der Waals surface area contributed by atoms with Crippen molar-refractivity contribution in [1.29, 1.82) is 5.26 Å². The van der Waals surface area contributed by atoms with Crippen LogP contribution in [-0.2, 0) is 4.79 Å². The lowest BCUT2D eigenvalue weighted by atomic mass is 9.98. The number of carbonyl (C=O) groups is 1. The quantitative estimate of drug-likeness (QED) is 0.658. The van der Waals surface area contributed by atoms with Crippen LogP contribution >= 0.6 is 0 Å². The number of likely N-dealkylation sites (tertiary alicyclic amines) is 1. The van der Waals surface area contributed by atoms with Gasteiger partial charge in [0, 0.05) is 24.0 Å². The highest BCUT2D eigenvalue weighted by molar-refractivity contribution is 6.06. The van der Waals surface area contributed by atoms with Crippen molar-refractivity contribution in [2.75, 3.05) is 5.32 Å². The van der Waals surface area contributed by atoms with Crippen LogP contribution < -0.4 is 5.32 Å². The van der Waals surface area contributed by atoms with Crippen molar-refractivity contribution < 1.29 is 4.79 Å². The summed E-state index contributed by atoms with van der Waals surface area (Å²) in [5.74, 6) is 0.103. The number of rotatable bonds is 4. The van der Waals surface area contributed by atoms with Crippen LogP contribution in [0.3, 0.4) is 0 Å². The normalized spacial score (nSPS) is 21.5. The Labute approximate surface area is 145 Å². The van der Waals surface area contributed by atoms with Gasteiger partial charge in [0.1, 0.15) is 11.6 Å². The lowest BCUT2D eigenvalue weighted by Crippen LogP contribution is -2.40. The predicted octanol–water partition coefficient (Wildman–Crippen LogP) is 4.42. The molecule has 0 saturated carbocycles. The van der Waals surface area contributed by atoms with Gasteiger partial charge in [-0.25, -0.2) is 0 Å². The first-order chi connectivity index (χ1) is 11.4. The Hall–Kier alpha value is -2.28. The van der Waals surface area contributed by atoms with E-state index in [1.165, 1.54) is 12.0 Å². The average molecular weight is 325 g/mol. The number of carbonyl (C=O) groups excluding carboxylic acids is 1. The summed E-state index contributed by atoms with van der Waals surface area (Å²) in [7, 11) is 0. The molecule has 1 saturated heterocycles. The molecule has 1 aliphatic rings. The third-order valence-electron chi connectivity index (χ3n) is 4.74. The molecule has 24 heavy (non-hydrogen) atoms. The second-order valence-corrected chi connectivity index (χ2v) is 6.96. The summed E-state index contributed by atoms with van der Waals surface area (Å²) < 4.78 is 0. The van der Waals surface area contributed by atoms with Crippen molar-refractivity contribution in [3.63, 3.8) is 0 Å². The fraction of sp³-hybridized carbons (Fsp3) is 0.500. The molecule has 2 atom stereocenters. The van der Waals surface area contributed by atoms with E-state index in [-0.39, 0.29) is 11.5 Å². The highest BCUT2D eigenvalue weighted by Crippen LogP contribution is 2.24. The molecule has 1 amide bonds. The van der Waals surface area contributed by atoms with Crippen LogP contribution in [0.2, 0.25) is 0 Å². The molecule has 1 heterocycles. The summed E-state index contributed by atoms with van der Waals surface area (Å²) in [5, 5.41) is 12.2. The number of piperidine rings is 1. The van der Waals surface area contributed by atoms with Crippen LogP contribution in [0.1, 0.15) is 58.4 Å². The fourth-order valence-electron chi connectivity index (χ4n) is 3.13. The number of amides is 1. The molecule has 1 N–H and O–H groups in total. The van der Waals surface area contributed by atoms with Crippen molar-refractivity contribution in [1.82, 2.24) is 4.90 Å². The van der Waals surface area contributed by atoms with Gasteiger partial charge >= 0.3 is 0 Å². The molecule has 1 fully saturated rings. The summed E-state index contributed by atoms with van der Waals surface area (Å²) in [5.41, 5.74) is 2.09. The van der Waals surface area contributed by atoms with Crippen molar-refractivity contribution >= 4 is 11.6 Å². The second kappa shape index (κ2) is 8.01. The van der Waals surface area contributed by atoms with Gasteiger partial charge in [-0.15, -0.1) is 0 Å². The molecule has 1 aliphatic heterocycles. The highest BCUT2D eigenvalue weighted by Gasteiger charge is 2.23. The van der Waals surface area contributed by atoms with Gasteiger partial charge < -0.3 is 10.2 Å².